The zero-order chi connectivity index (χ0) is 13.7. The van der Waals surface area contributed by atoms with Gasteiger partial charge < -0.3 is 15.4 Å². The molecular formula is C15H23N3O. The standard InChI is InChI=1S/C15H23N3O/c1-12-4-8-14(9-5-12)19-11-3-10-17-15(16)18(2)13-6-7-13/h4-5,8-9,13H,3,6-7,10-11H2,1-2H3,(H2,16,17). The quantitative estimate of drug-likeness (QED) is 0.485. The maximum atomic E-state index is 5.90. The summed E-state index contributed by atoms with van der Waals surface area (Å²) in [5.74, 6) is 1.57. The van der Waals surface area contributed by atoms with E-state index >= 15 is 0 Å². The van der Waals surface area contributed by atoms with Crippen LogP contribution < -0.4 is 10.5 Å². The minimum atomic E-state index is 0.618. The van der Waals surface area contributed by atoms with Crippen molar-refractivity contribution in [3.05, 3.63) is 29.8 Å². The number of benzene rings is 1. The van der Waals surface area contributed by atoms with Gasteiger partial charge >= 0.3 is 0 Å². The summed E-state index contributed by atoms with van der Waals surface area (Å²) in [4.78, 5) is 6.44. The highest BCUT2D eigenvalue weighted by atomic mass is 16.5. The molecule has 104 valence electrons. The van der Waals surface area contributed by atoms with E-state index in [1.165, 1.54) is 18.4 Å². The van der Waals surface area contributed by atoms with Crippen molar-refractivity contribution < 1.29 is 4.74 Å². The van der Waals surface area contributed by atoms with Crippen LogP contribution in [0.1, 0.15) is 24.8 Å². The monoisotopic (exact) mass is 261 g/mol. The summed E-state index contributed by atoms with van der Waals surface area (Å²) < 4.78 is 5.64. The Labute approximate surface area is 115 Å². The number of guanidine groups is 1. The van der Waals surface area contributed by atoms with E-state index in [9.17, 15) is 0 Å². The highest BCUT2D eigenvalue weighted by Gasteiger charge is 2.27. The molecule has 0 bridgehead atoms. The number of hydrogen-bond acceptors (Lipinski definition) is 2. The van der Waals surface area contributed by atoms with Crippen molar-refractivity contribution in [2.24, 2.45) is 10.7 Å². The summed E-state index contributed by atoms with van der Waals surface area (Å²) in [6.07, 6.45) is 3.36. The van der Waals surface area contributed by atoms with Gasteiger partial charge in [0.1, 0.15) is 5.75 Å². The number of hydrogen-bond donors (Lipinski definition) is 1. The Kier molecular flexibility index (Phi) is 4.66. The summed E-state index contributed by atoms with van der Waals surface area (Å²) in [7, 11) is 2.01. The lowest BCUT2D eigenvalue weighted by atomic mass is 10.2. The number of aryl methyl sites for hydroxylation is 1. The topological polar surface area (TPSA) is 50.9 Å². The van der Waals surface area contributed by atoms with Crippen molar-refractivity contribution >= 4 is 5.96 Å². The van der Waals surface area contributed by atoms with E-state index in [2.05, 4.69) is 28.9 Å². The maximum Gasteiger partial charge on any atom is 0.191 e. The first-order valence-electron chi connectivity index (χ1n) is 6.89. The molecule has 0 radical (unpaired) electrons. The van der Waals surface area contributed by atoms with Gasteiger partial charge in [0.25, 0.3) is 0 Å². The molecular weight excluding hydrogens is 238 g/mol. The molecule has 0 spiro atoms. The Bertz CT molecular complexity index is 424. The van der Waals surface area contributed by atoms with Gasteiger partial charge in [-0.2, -0.15) is 0 Å². The van der Waals surface area contributed by atoms with E-state index < -0.39 is 0 Å². The van der Waals surface area contributed by atoms with Crippen molar-refractivity contribution in [2.45, 2.75) is 32.2 Å². The first kappa shape index (κ1) is 13.7. The van der Waals surface area contributed by atoms with Crippen molar-refractivity contribution in [3.8, 4) is 5.75 Å². The van der Waals surface area contributed by atoms with Crippen LogP contribution in [0.25, 0.3) is 0 Å². The van der Waals surface area contributed by atoms with Gasteiger partial charge in [-0.25, -0.2) is 0 Å². The third kappa shape index (κ3) is 4.47. The second-order valence-electron chi connectivity index (χ2n) is 5.10. The molecule has 1 aliphatic rings. The lowest BCUT2D eigenvalue weighted by Crippen LogP contribution is -2.35. The van der Waals surface area contributed by atoms with E-state index in [-0.39, 0.29) is 0 Å². The van der Waals surface area contributed by atoms with Gasteiger partial charge in [0.15, 0.2) is 5.96 Å². The number of ether oxygens (including phenoxy) is 1. The molecule has 1 aromatic rings. The van der Waals surface area contributed by atoms with Crippen LogP contribution in [0, 0.1) is 6.92 Å². The Hall–Kier alpha value is -1.71. The third-order valence-corrected chi connectivity index (χ3v) is 3.32. The molecule has 0 atom stereocenters. The summed E-state index contributed by atoms with van der Waals surface area (Å²) in [6, 6.07) is 8.71. The molecule has 1 fully saturated rings. The van der Waals surface area contributed by atoms with Crippen molar-refractivity contribution in [1.29, 1.82) is 0 Å². The zero-order valence-electron chi connectivity index (χ0n) is 11.8. The fourth-order valence-corrected chi connectivity index (χ4v) is 1.84. The SMILES string of the molecule is Cc1ccc(OCCCN=C(N)N(C)C2CC2)cc1. The van der Waals surface area contributed by atoms with Crippen LogP contribution in [0.3, 0.4) is 0 Å². The molecule has 1 aromatic carbocycles. The summed E-state index contributed by atoms with van der Waals surface area (Å²) in [5.41, 5.74) is 7.15. The Morgan fingerprint density at radius 2 is 2.05 bits per heavy atom. The van der Waals surface area contributed by atoms with E-state index in [4.69, 9.17) is 10.5 Å². The molecule has 0 unspecified atom stereocenters. The molecule has 2 rings (SSSR count). The van der Waals surface area contributed by atoms with E-state index in [0.717, 1.165) is 18.7 Å². The first-order chi connectivity index (χ1) is 9.16. The van der Waals surface area contributed by atoms with Crippen molar-refractivity contribution in [3.63, 3.8) is 0 Å². The molecule has 1 aliphatic carbocycles. The number of rotatable bonds is 6. The van der Waals surface area contributed by atoms with E-state index in [0.29, 0.717) is 18.6 Å². The maximum absolute atomic E-state index is 5.90. The molecule has 0 amide bonds. The first-order valence-corrected chi connectivity index (χ1v) is 6.89. The van der Waals surface area contributed by atoms with Crippen molar-refractivity contribution in [2.75, 3.05) is 20.2 Å². The van der Waals surface area contributed by atoms with Crippen LogP contribution in [0.15, 0.2) is 29.3 Å². The van der Waals surface area contributed by atoms with Crippen LogP contribution in [-0.4, -0.2) is 37.1 Å². The molecule has 0 saturated heterocycles. The normalized spacial score (nSPS) is 15.4. The van der Waals surface area contributed by atoms with Crippen LogP contribution in [0.4, 0.5) is 0 Å². The van der Waals surface area contributed by atoms with E-state index in [1.54, 1.807) is 0 Å². The summed E-state index contributed by atoms with van der Waals surface area (Å²) >= 11 is 0. The third-order valence-electron chi connectivity index (χ3n) is 3.32. The van der Waals surface area contributed by atoms with Crippen LogP contribution in [0.2, 0.25) is 0 Å². The number of nitrogens with zero attached hydrogens (tertiary/aromatic N) is 2. The van der Waals surface area contributed by atoms with Gasteiger partial charge in [0, 0.05) is 26.1 Å². The highest BCUT2D eigenvalue weighted by Crippen LogP contribution is 2.24. The van der Waals surface area contributed by atoms with Gasteiger partial charge in [-0.15, -0.1) is 0 Å². The Balaban J connectivity index is 1.63. The Morgan fingerprint density at radius 3 is 2.68 bits per heavy atom. The predicted molar refractivity (Wildman–Crippen MR) is 78.6 cm³/mol. The lowest BCUT2D eigenvalue weighted by molar-refractivity contribution is 0.313. The molecule has 0 aliphatic heterocycles. The molecule has 19 heavy (non-hydrogen) atoms. The predicted octanol–water partition coefficient (Wildman–Crippen LogP) is 2.17. The molecule has 1 saturated carbocycles. The fraction of sp³-hybridized carbons (Fsp3) is 0.533. The minimum absolute atomic E-state index is 0.618. The van der Waals surface area contributed by atoms with Gasteiger partial charge in [0.2, 0.25) is 0 Å². The molecule has 0 heterocycles. The zero-order valence-corrected chi connectivity index (χ0v) is 11.8. The summed E-state index contributed by atoms with van der Waals surface area (Å²) in [5, 5.41) is 0. The lowest BCUT2D eigenvalue weighted by Gasteiger charge is -2.16. The average Bonchev–Trinajstić information content (AvgIpc) is 3.24. The van der Waals surface area contributed by atoms with Gasteiger partial charge in [0.05, 0.1) is 6.61 Å². The number of nitrogens with two attached hydrogens (primary N) is 1. The number of aliphatic imine (C=N–C) groups is 1. The minimum Gasteiger partial charge on any atom is -0.494 e. The average molecular weight is 261 g/mol. The molecule has 0 aromatic heterocycles. The smallest absolute Gasteiger partial charge is 0.191 e. The van der Waals surface area contributed by atoms with Crippen molar-refractivity contribution in [1.82, 2.24) is 4.90 Å². The van der Waals surface area contributed by atoms with Gasteiger partial charge in [-0.05, 0) is 31.9 Å². The van der Waals surface area contributed by atoms with Crippen LogP contribution in [-0.2, 0) is 0 Å². The van der Waals surface area contributed by atoms with Crippen LogP contribution >= 0.6 is 0 Å². The van der Waals surface area contributed by atoms with Gasteiger partial charge in [-0.1, -0.05) is 17.7 Å². The second kappa shape index (κ2) is 6.45. The fourth-order valence-electron chi connectivity index (χ4n) is 1.84. The molecule has 4 heteroatoms. The second-order valence-corrected chi connectivity index (χ2v) is 5.10. The molecule has 2 N–H and O–H groups in total. The van der Waals surface area contributed by atoms with E-state index in [1.807, 2.05) is 19.2 Å². The Morgan fingerprint density at radius 1 is 1.37 bits per heavy atom. The van der Waals surface area contributed by atoms with Crippen LogP contribution in [0.5, 0.6) is 5.75 Å². The highest BCUT2D eigenvalue weighted by molar-refractivity contribution is 5.78. The van der Waals surface area contributed by atoms with Gasteiger partial charge in [-0.3, -0.25) is 4.99 Å². The molecule has 4 nitrogen and oxygen atoms in total. The largest absolute Gasteiger partial charge is 0.494 e. The summed E-state index contributed by atoms with van der Waals surface area (Å²) in [6.45, 7) is 3.46.